The van der Waals surface area contributed by atoms with E-state index in [9.17, 15) is 0 Å². The van der Waals surface area contributed by atoms with E-state index in [1.807, 2.05) is 0 Å². The molecule has 0 aliphatic carbocycles. The van der Waals surface area contributed by atoms with E-state index in [-0.39, 0.29) is 103 Å². The number of hydrogen-bond acceptors (Lipinski definition) is 6. The number of hydrogen-bond donors (Lipinski definition) is 4. The molecular weight excluding hydrogens is 236 g/mol. The molecule has 10 heteroatoms. The Bertz CT molecular complexity index is 29.2. The van der Waals surface area contributed by atoms with Crippen LogP contribution in [-0.4, -0.2) is 19.6 Å². The predicted molar refractivity (Wildman–Crippen MR) is 22.7 cm³/mol. The third kappa shape index (κ3) is 93.1. The molecule has 0 bridgehead atoms. The third-order valence-electron chi connectivity index (χ3n) is 0. The van der Waals surface area contributed by atoms with Gasteiger partial charge in [-0.2, -0.15) is 8.60 Å². The molecule has 0 spiro atoms. The molecule has 0 saturated carbocycles. The Morgan fingerprint density at radius 3 is 0.800 bits per heavy atom. The second-order valence-corrected chi connectivity index (χ2v) is 1.52. The van der Waals surface area contributed by atoms with Gasteiger partial charge in [0.25, 0.3) is 0 Å². The van der Waals surface area contributed by atoms with Gasteiger partial charge in [-0.1, -0.05) is 0 Å². The molecule has 0 amide bonds. The zero-order valence-corrected chi connectivity index (χ0v) is 13.5. The van der Waals surface area contributed by atoms with E-state index in [1.54, 1.807) is 0 Å². The zero-order valence-electron chi connectivity index (χ0n) is 5.50. The standard InChI is InChI=1S/2K.H3O3P.HO3P/c;;2*1-4(2)3/h;;1-3H;1H/q2*+1;;-2. The van der Waals surface area contributed by atoms with Gasteiger partial charge in [-0.3, -0.25) is 0 Å². The van der Waals surface area contributed by atoms with Crippen LogP contribution in [0.1, 0.15) is 0 Å². The maximum atomic E-state index is 8.59. The summed E-state index contributed by atoms with van der Waals surface area (Å²) in [5.41, 5.74) is 0. The van der Waals surface area contributed by atoms with E-state index in [1.165, 1.54) is 0 Å². The van der Waals surface area contributed by atoms with Crippen LogP contribution in [0.3, 0.4) is 0 Å². The van der Waals surface area contributed by atoms with Crippen LogP contribution in [0.25, 0.3) is 0 Å². The smallest absolute Gasteiger partial charge is 0.820 e. The van der Waals surface area contributed by atoms with Crippen molar-refractivity contribution in [3.63, 3.8) is 0 Å². The Morgan fingerprint density at radius 1 is 0.800 bits per heavy atom. The van der Waals surface area contributed by atoms with E-state index in [0.29, 0.717) is 0 Å². The zero-order chi connectivity index (χ0) is 7.15. The van der Waals surface area contributed by atoms with Crippen molar-refractivity contribution in [3.8, 4) is 0 Å². The topological polar surface area (TPSA) is 127 Å². The first-order valence-electron chi connectivity index (χ1n) is 1.17. The van der Waals surface area contributed by atoms with Gasteiger partial charge in [0.1, 0.15) is 0 Å². The Kier molecular flexibility index (Phi) is 44.0. The van der Waals surface area contributed by atoms with Gasteiger partial charge in [0.2, 0.25) is 0 Å². The van der Waals surface area contributed by atoms with Gasteiger partial charge < -0.3 is 29.4 Å². The largest absolute Gasteiger partial charge is 1.00 e. The first-order chi connectivity index (χ1) is 3.46. The molecule has 0 saturated heterocycles. The molecule has 0 fully saturated rings. The summed E-state index contributed by atoms with van der Waals surface area (Å²) in [5.74, 6) is 0. The first-order valence-corrected chi connectivity index (χ1v) is 3.50. The van der Waals surface area contributed by atoms with E-state index >= 15 is 0 Å². The molecular formula is H4K2O6P2. The van der Waals surface area contributed by atoms with Crippen LogP contribution < -0.4 is 113 Å². The molecule has 0 aromatic heterocycles. The summed E-state index contributed by atoms with van der Waals surface area (Å²) in [7, 11) is -5.74. The van der Waals surface area contributed by atoms with Crippen molar-refractivity contribution >= 4 is 17.2 Å². The molecule has 0 aromatic carbocycles. The van der Waals surface area contributed by atoms with Gasteiger partial charge in [-0.25, -0.2) is 0 Å². The fraction of sp³-hybridized carbons (Fsp3) is 0. The molecule has 0 rings (SSSR count). The van der Waals surface area contributed by atoms with Crippen LogP contribution in [0.15, 0.2) is 0 Å². The average Bonchev–Trinajstić information content (AvgIpc) is 1.25. The molecule has 52 valence electrons. The molecule has 0 atom stereocenters. The molecule has 0 unspecified atom stereocenters. The van der Waals surface area contributed by atoms with Gasteiger partial charge in [0.15, 0.2) is 0 Å². The summed E-state index contributed by atoms with van der Waals surface area (Å²) in [6.07, 6.45) is 0. The SMILES string of the molecule is OP(O)O.[K+].[K+].[O-]P([O-])O. The summed E-state index contributed by atoms with van der Waals surface area (Å²) >= 11 is 0. The fourth-order valence-electron chi connectivity index (χ4n) is 0. The predicted octanol–water partition coefficient (Wildman–Crippen LogP) is -8.88. The fourth-order valence-corrected chi connectivity index (χ4v) is 0. The van der Waals surface area contributed by atoms with E-state index in [4.69, 9.17) is 29.4 Å². The number of rotatable bonds is 0. The summed E-state index contributed by atoms with van der Waals surface area (Å²) in [4.78, 5) is 45.9. The first kappa shape index (κ1) is 23.6. The molecule has 0 aliphatic heterocycles. The van der Waals surface area contributed by atoms with Crippen LogP contribution in [0.4, 0.5) is 0 Å². The summed E-state index contributed by atoms with van der Waals surface area (Å²) < 4.78 is 0. The van der Waals surface area contributed by atoms with Gasteiger partial charge in [0.05, 0.1) is 0 Å². The normalized spacial score (nSPS) is 7.20. The van der Waals surface area contributed by atoms with E-state index in [2.05, 4.69) is 0 Å². The van der Waals surface area contributed by atoms with Gasteiger partial charge in [-0.15, -0.1) is 0 Å². The van der Waals surface area contributed by atoms with E-state index < -0.39 is 17.2 Å². The molecule has 10 heavy (non-hydrogen) atoms. The van der Waals surface area contributed by atoms with Crippen molar-refractivity contribution < 1.29 is 132 Å². The molecule has 0 aromatic rings. The molecule has 4 N–H and O–H groups in total. The van der Waals surface area contributed by atoms with Gasteiger partial charge >= 0.3 is 111 Å². The van der Waals surface area contributed by atoms with Crippen LogP contribution in [0, 0.1) is 0 Å². The third-order valence-corrected chi connectivity index (χ3v) is 0. The Morgan fingerprint density at radius 2 is 0.800 bits per heavy atom. The van der Waals surface area contributed by atoms with Gasteiger partial charge in [-0.05, 0) is 0 Å². The second kappa shape index (κ2) is 18.6. The summed E-state index contributed by atoms with van der Waals surface area (Å²) in [6.45, 7) is 0. The van der Waals surface area contributed by atoms with Crippen molar-refractivity contribution in [2.24, 2.45) is 0 Å². The molecule has 6 nitrogen and oxygen atoms in total. The van der Waals surface area contributed by atoms with E-state index in [0.717, 1.165) is 0 Å². The Hall–Kier alpha value is 3.89. The molecule has 0 aliphatic rings. The van der Waals surface area contributed by atoms with Crippen LogP contribution >= 0.6 is 17.2 Å². The maximum Gasteiger partial charge on any atom is 1.00 e. The van der Waals surface area contributed by atoms with Crippen LogP contribution in [0.2, 0.25) is 0 Å². The van der Waals surface area contributed by atoms with Crippen molar-refractivity contribution in [1.82, 2.24) is 0 Å². The minimum Gasteiger partial charge on any atom is -0.820 e. The van der Waals surface area contributed by atoms with Gasteiger partial charge in [0, 0.05) is 0 Å². The van der Waals surface area contributed by atoms with Crippen molar-refractivity contribution in [3.05, 3.63) is 0 Å². The average molecular weight is 240 g/mol. The molecule has 0 heterocycles. The molecule has 0 radical (unpaired) electrons. The maximum absolute atomic E-state index is 8.59. The monoisotopic (exact) mass is 240 g/mol. The van der Waals surface area contributed by atoms with Crippen LogP contribution in [0.5, 0.6) is 0 Å². The summed E-state index contributed by atoms with van der Waals surface area (Å²) in [5, 5.41) is 0. The minimum absolute atomic E-state index is 0. The summed E-state index contributed by atoms with van der Waals surface area (Å²) in [6, 6.07) is 0. The van der Waals surface area contributed by atoms with Crippen molar-refractivity contribution in [2.45, 2.75) is 0 Å². The Balaban J connectivity index is -0.0000000300. The van der Waals surface area contributed by atoms with Crippen LogP contribution in [-0.2, 0) is 0 Å². The second-order valence-electron chi connectivity index (χ2n) is 0.506. The minimum atomic E-state index is -3.12. The Labute approximate surface area is 146 Å². The van der Waals surface area contributed by atoms with Crippen molar-refractivity contribution in [2.75, 3.05) is 0 Å². The quantitative estimate of drug-likeness (QED) is 0.246. The van der Waals surface area contributed by atoms with Crippen molar-refractivity contribution in [1.29, 1.82) is 0 Å².